The van der Waals surface area contributed by atoms with E-state index in [1.807, 2.05) is 0 Å². The monoisotopic (exact) mass is 777 g/mol. The van der Waals surface area contributed by atoms with Gasteiger partial charge in [0.1, 0.15) is 11.5 Å². The molecule has 1 aliphatic carbocycles. The number of ether oxygens (including phenoxy) is 1. The number of nitrogens with zero attached hydrogens (tertiary/aromatic N) is 1. The fourth-order valence-corrected chi connectivity index (χ4v) is 10.1. The van der Waals surface area contributed by atoms with Crippen molar-refractivity contribution in [2.45, 2.75) is 5.41 Å². The second kappa shape index (κ2) is 14.1. The first-order valence-electron chi connectivity index (χ1n) is 21.0. The third-order valence-corrected chi connectivity index (χ3v) is 12.7. The van der Waals surface area contributed by atoms with Gasteiger partial charge in [0.15, 0.2) is 0 Å². The van der Waals surface area contributed by atoms with Crippen molar-refractivity contribution in [2.75, 3.05) is 4.90 Å². The van der Waals surface area contributed by atoms with Crippen LogP contribution in [0.1, 0.15) is 22.3 Å². The molecule has 0 amide bonds. The molecule has 2 nitrogen and oxygen atoms in total. The zero-order chi connectivity index (χ0) is 40.3. The van der Waals surface area contributed by atoms with E-state index < -0.39 is 5.41 Å². The Morgan fingerprint density at radius 3 is 1.67 bits per heavy atom. The van der Waals surface area contributed by atoms with Gasteiger partial charge in [0.2, 0.25) is 0 Å². The SMILES string of the molecule is c1ccc(-c2ccc(N(c3ccc4c(c3)C3(c5ccccc5Oc5ccc6ccccc6c53)c3ccccc3-4)c3ccc(-c4ccccc4)cc3-c3ccccc3)cc2)cc1. The lowest BCUT2D eigenvalue weighted by atomic mass is 9.65. The summed E-state index contributed by atoms with van der Waals surface area (Å²) in [6, 6.07) is 86.0. The Morgan fingerprint density at radius 1 is 0.328 bits per heavy atom. The molecule has 0 saturated heterocycles. The molecule has 1 heterocycles. The minimum absolute atomic E-state index is 0.644. The molecule has 10 aromatic rings. The Kier molecular flexibility index (Phi) is 8.11. The number of anilines is 3. The van der Waals surface area contributed by atoms with Gasteiger partial charge in [-0.2, -0.15) is 0 Å². The second-order valence-corrected chi connectivity index (χ2v) is 16.0. The molecule has 2 heteroatoms. The zero-order valence-corrected chi connectivity index (χ0v) is 33.4. The third-order valence-electron chi connectivity index (χ3n) is 12.7. The summed E-state index contributed by atoms with van der Waals surface area (Å²) in [6.45, 7) is 0. The van der Waals surface area contributed by atoms with Crippen LogP contribution in [-0.2, 0) is 5.41 Å². The highest BCUT2D eigenvalue weighted by Crippen LogP contribution is 2.64. The van der Waals surface area contributed by atoms with Crippen LogP contribution in [0.25, 0.3) is 55.3 Å². The molecule has 1 unspecified atom stereocenters. The Morgan fingerprint density at radius 2 is 0.902 bits per heavy atom. The van der Waals surface area contributed by atoms with E-state index in [4.69, 9.17) is 4.74 Å². The number of hydrogen-bond acceptors (Lipinski definition) is 2. The van der Waals surface area contributed by atoms with E-state index in [2.05, 4.69) is 241 Å². The molecule has 12 rings (SSSR count). The van der Waals surface area contributed by atoms with E-state index >= 15 is 0 Å². The summed E-state index contributed by atoms with van der Waals surface area (Å²) in [6.07, 6.45) is 0. The summed E-state index contributed by atoms with van der Waals surface area (Å²) in [5, 5.41) is 2.38. The van der Waals surface area contributed by atoms with E-state index in [-0.39, 0.29) is 0 Å². The highest BCUT2D eigenvalue weighted by atomic mass is 16.5. The third kappa shape index (κ3) is 5.50. The molecule has 0 bridgehead atoms. The molecule has 0 N–H and O–H groups in total. The molecule has 1 aliphatic heterocycles. The molecule has 1 atom stereocenters. The lowest BCUT2D eigenvalue weighted by Crippen LogP contribution is -2.32. The standard InChI is InChI=1S/C59H39NO/c1-4-16-40(17-5-1)42-28-32-46(33-29-42)60(55-36-30-45(41-18-6-2-7-19-41)38-51(55)43-20-8-3-9-21-43)47-34-35-50-49-24-12-13-25-52(49)59(54(50)39-47)53-26-14-15-27-56(53)61-57-37-31-44-22-10-11-23-48(44)58(57)59/h1-39H. The zero-order valence-electron chi connectivity index (χ0n) is 33.4. The van der Waals surface area contributed by atoms with Gasteiger partial charge in [0.05, 0.1) is 11.1 Å². The first-order chi connectivity index (χ1) is 30.3. The van der Waals surface area contributed by atoms with Crippen molar-refractivity contribution in [1.82, 2.24) is 0 Å². The van der Waals surface area contributed by atoms with Crippen LogP contribution >= 0.6 is 0 Å². The molecule has 2 aliphatic rings. The lowest BCUT2D eigenvalue weighted by molar-refractivity contribution is 0.438. The summed E-state index contributed by atoms with van der Waals surface area (Å²) >= 11 is 0. The van der Waals surface area contributed by atoms with E-state index in [9.17, 15) is 0 Å². The van der Waals surface area contributed by atoms with Crippen LogP contribution in [0.15, 0.2) is 237 Å². The van der Waals surface area contributed by atoms with Gasteiger partial charge >= 0.3 is 0 Å². The molecule has 0 radical (unpaired) electrons. The maximum atomic E-state index is 6.87. The van der Waals surface area contributed by atoms with Gasteiger partial charge in [0.25, 0.3) is 0 Å². The fraction of sp³-hybridized carbons (Fsp3) is 0.0169. The van der Waals surface area contributed by atoms with E-state index in [0.29, 0.717) is 0 Å². The Labute approximate surface area is 356 Å². The first kappa shape index (κ1) is 35.0. The van der Waals surface area contributed by atoms with Crippen LogP contribution in [0.3, 0.4) is 0 Å². The normalized spacial score (nSPS) is 14.4. The van der Waals surface area contributed by atoms with Crippen LogP contribution in [0, 0.1) is 0 Å². The molecule has 61 heavy (non-hydrogen) atoms. The second-order valence-electron chi connectivity index (χ2n) is 16.0. The van der Waals surface area contributed by atoms with Gasteiger partial charge in [0, 0.05) is 28.1 Å². The van der Waals surface area contributed by atoms with Gasteiger partial charge < -0.3 is 9.64 Å². The van der Waals surface area contributed by atoms with Gasteiger partial charge in [-0.3, -0.25) is 0 Å². The average Bonchev–Trinajstić information content (AvgIpc) is 3.62. The van der Waals surface area contributed by atoms with Crippen LogP contribution in [0.4, 0.5) is 17.1 Å². The highest BCUT2D eigenvalue weighted by Gasteiger charge is 2.52. The van der Waals surface area contributed by atoms with Crippen molar-refractivity contribution in [3.8, 4) is 56.0 Å². The molecule has 0 aromatic heterocycles. The number of hydrogen-bond donors (Lipinski definition) is 0. The summed E-state index contributed by atoms with van der Waals surface area (Å²) < 4.78 is 6.87. The van der Waals surface area contributed by atoms with Crippen LogP contribution in [0.2, 0.25) is 0 Å². The predicted octanol–water partition coefficient (Wildman–Crippen LogP) is 15.8. The van der Waals surface area contributed by atoms with Crippen LogP contribution in [-0.4, -0.2) is 0 Å². The number of rotatable bonds is 6. The topological polar surface area (TPSA) is 12.5 Å². The number of benzene rings is 10. The highest BCUT2D eigenvalue weighted by molar-refractivity contribution is 5.99. The molecule has 10 aromatic carbocycles. The maximum Gasteiger partial charge on any atom is 0.132 e. The van der Waals surface area contributed by atoms with Crippen molar-refractivity contribution in [3.05, 3.63) is 259 Å². The quantitative estimate of drug-likeness (QED) is 0.167. The Hall–Kier alpha value is -7.94. The maximum absolute atomic E-state index is 6.87. The minimum atomic E-state index is -0.644. The van der Waals surface area contributed by atoms with Gasteiger partial charge in [-0.05, 0) is 109 Å². The summed E-state index contributed by atoms with van der Waals surface area (Å²) in [4.78, 5) is 2.46. The van der Waals surface area contributed by atoms with Crippen LogP contribution < -0.4 is 9.64 Å². The van der Waals surface area contributed by atoms with E-state index in [0.717, 1.165) is 45.3 Å². The predicted molar refractivity (Wildman–Crippen MR) is 252 cm³/mol. The number of para-hydroxylation sites is 1. The molecule has 0 fully saturated rings. The lowest BCUT2D eigenvalue weighted by Gasteiger charge is -2.40. The summed E-state index contributed by atoms with van der Waals surface area (Å²) in [5.41, 5.74) is 17.0. The van der Waals surface area contributed by atoms with E-state index in [1.54, 1.807) is 0 Å². The first-order valence-corrected chi connectivity index (χ1v) is 21.0. The van der Waals surface area contributed by atoms with Crippen molar-refractivity contribution in [3.63, 3.8) is 0 Å². The minimum Gasteiger partial charge on any atom is -0.457 e. The van der Waals surface area contributed by atoms with Crippen LogP contribution in [0.5, 0.6) is 11.5 Å². The van der Waals surface area contributed by atoms with Gasteiger partial charge in [-0.25, -0.2) is 0 Å². The van der Waals surface area contributed by atoms with Gasteiger partial charge in [-0.1, -0.05) is 188 Å². The molecule has 286 valence electrons. The van der Waals surface area contributed by atoms with Crippen molar-refractivity contribution in [2.24, 2.45) is 0 Å². The van der Waals surface area contributed by atoms with Gasteiger partial charge in [-0.15, -0.1) is 0 Å². The summed E-state index contributed by atoms with van der Waals surface area (Å²) in [5.74, 6) is 1.77. The average molecular weight is 778 g/mol. The molecular weight excluding hydrogens is 739 g/mol. The fourth-order valence-electron chi connectivity index (χ4n) is 10.1. The molecular formula is C59H39NO. The van der Waals surface area contributed by atoms with Crippen molar-refractivity contribution >= 4 is 27.8 Å². The smallest absolute Gasteiger partial charge is 0.132 e. The van der Waals surface area contributed by atoms with Crippen molar-refractivity contribution in [1.29, 1.82) is 0 Å². The largest absolute Gasteiger partial charge is 0.457 e. The molecule has 1 spiro atoms. The number of fused-ring (bicyclic) bond motifs is 11. The molecule has 0 saturated carbocycles. The summed E-state index contributed by atoms with van der Waals surface area (Å²) in [7, 11) is 0. The van der Waals surface area contributed by atoms with Crippen molar-refractivity contribution < 1.29 is 4.74 Å². The Balaban J connectivity index is 1.15. The van der Waals surface area contributed by atoms with E-state index in [1.165, 1.54) is 60.8 Å². The Bertz CT molecular complexity index is 3270.